The minimum absolute atomic E-state index is 0.719. The van der Waals surface area contributed by atoms with E-state index < -0.39 is 0 Å². The third-order valence-electron chi connectivity index (χ3n) is 3.53. The molecule has 2 aromatic carbocycles. The minimum Gasteiger partial charge on any atom is -0.398 e. The fourth-order valence-corrected chi connectivity index (χ4v) is 3.05. The van der Waals surface area contributed by atoms with Gasteiger partial charge in [0.15, 0.2) is 0 Å². The van der Waals surface area contributed by atoms with Crippen LogP contribution < -0.4 is 5.73 Å². The molecular weight excluding hydrogens is 279 g/mol. The second-order valence-electron chi connectivity index (χ2n) is 4.83. The van der Waals surface area contributed by atoms with Gasteiger partial charge in [0.05, 0.1) is 0 Å². The van der Waals surface area contributed by atoms with Crippen molar-refractivity contribution in [3.63, 3.8) is 0 Å². The molecule has 1 aliphatic rings. The number of fused-ring (bicyclic) bond motifs is 1. The first-order valence-electron chi connectivity index (χ1n) is 6.16. The van der Waals surface area contributed by atoms with E-state index in [0.29, 0.717) is 0 Å². The van der Waals surface area contributed by atoms with Gasteiger partial charge >= 0.3 is 0 Å². The van der Waals surface area contributed by atoms with Gasteiger partial charge in [-0.3, -0.25) is 4.90 Å². The molecule has 3 rings (SSSR count). The highest BCUT2D eigenvalue weighted by molar-refractivity contribution is 6.35. The van der Waals surface area contributed by atoms with Gasteiger partial charge in [-0.25, -0.2) is 0 Å². The Morgan fingerprint density at radius 2 is 1.68 bits per heavy atom. The number of hydrogen-bond acceptors (Lipinski definition) is 2. The number of hydrogen-bond donors (Lipinski definition) is 1. The highest BCUT2D eigenvalue weighted by Crippen LogP contribution is 2.32. The molecule has 0 spiro atoms. The average molecular weight is 293 g/mol. The maximum atomic E-state index is 6.21. The zero-order chi connectivity index (χ0) is 13.4. The van der Waals surface area contributed by atoms with Crippen molar-refractivity contribution >= 4 is 28.9 Å². The van der Waals surface area contributed by atoms with E-state index in [9.17, 15) is 0 Å². The van der Waals surface area contributed by atoms with Crippen LogP contribution in [0.5, 0.6) is 0 Å². The quantitative estimate of drug-likeness (QED) is 0.845. The van der Waals surface area contributed by atoms with Crippen molar-refractivity contribution in [3.05, 3.63) is 63.1 Å². The number of anilines is 1. The fraction of sp³-hybridized carbons (Fsp3) is 0.200. The number of benzene rings is 2. The van der Waals surface area contributed by atoms with Crippen molar-refractivity contribution in [2.75, 3.05) is 5.73 Å². The summed E-state index contributed by atoms with van der Waals surface area (Å²) in [4.78, 5) is 2.30. The molecule has 0 bridgehead atoms. The molecule has 2 nitrogen and oxygen atoms in total. The van der Waals surface area contributed by atoms with Crippen LogP contribution in [0, 0.1) is 0 Å². The molecule has 0 amide bonds. The summed E-state index contributed by atoms with van der Waals surface area (Å²) in [5.74, 6) is 0. The monoisotopic (exact) mass is 292 g/mol. The lowest BCUT2D eigenvalue weighted by molar-refractivity contribution is 0.276. The molecule has 1 heterocycles. The molecule has 0 aliphatic carbocycles. The summed E-state index contributed by atoms with van der Waals surface area (Å²) in [5.41, 5.74) is 10.4. The first-order chi connectivity index (χ1) is 9.15. The number of rotatable bonds is 2. The van der Waals surface area contributed by atoms with Gasteiger partial charge in [0.1, 0.15) is 0 Å². The normalized spacial score (nSPS) is 14.6. The van der Waals surface area contributed by atoms with Gasteiger partial charge in [0, 0.05) is 40.9 Å². The largest absolute Gasteiger partial charge is 0.398 e. The van der Waals surface area contributed by atoms with E-state index >= 15 is 0 Å². The van der Waals surface area contributed by atoms with Gasteiger partial charge in [-0.1, -0.05) is 41.4 Å². The van der Waals surface area contributed by atoms with Crippen LogP contribution in [0.2, 0.25) is 10.0 Å². The zero-order valence-corrected chi connectivity index (χ0v) is 11.9. The lowest BCUT2D eigenvalue weighted by Gasteiger charge is -2.16. The summed E-state index contributed by atoms with van der Waals surface area (Å²) >= 11 is 12.4. The second kappa shape index (κ2) is 5.04. The third kappa shape index (κ3) is 2.44. The summed E-state index contributed by atoms with van der Waals surface area (Å²) < 4.78 is 0. The van der Waals surface area contributed by atoms with E-state index in [0.717, 1.165) is 40.9 Å². The van der Waals surface area contributed by atoms with Crippen molar-refractivity contribution < 1.29 is 0 Å². The number of nitrogens with two attached hydrogens (primary N) is 1. The van der Waals surface area contributed by atoms with Gasteiger partial charge in [0.2, 0.25) is 0 Å². The average Bonchev–Trinajstić information content (AvgIpc) is 2.78. The Morgan fingerprint density at radius 1 is 1.00 bits per heavy atom. The van der Waals surface area contributed by atoms with Crippen LogP contribution in [0.1, 0.15) is 16.7 Å². The molecule has 1 aliphatic heterocycles. The Bertz CT molecular complexity index is 605. The van der Waals surface area contributed by atoms with Crippen LogP contribution in [0.4, 0.5) is 5.69 Å². The lowest BCUT2D eigenvalue weighted by Crippen LogP contribution is -2.16. The highest BCUT2D eigenvalue weighted by atomic mass is 35.5. The van der Waals surface area contributed by atoms with Crippen molar-refractivity contribution in [1.29, 1.82) is 0 Å². The zero-order valence-electron chi connectivity index (χ0n) is 10.4. The van der Waals surface area contributed by atoms with Crippen LogP contribution in [0.3, 0.4) is 0 Å². The van der Waals surface area contributed by atoms with Crippen molar-refractivity contribution in [3.8, 4) is 0 Å². The predicted molar refractivity (Wildman–Crippen MR) is 80.3 cm³/mol. The molecule has 0 atom stereocenters. The van der Waals surface area contributed by atoms with Crippen LogP contribution in [-0.4, -0.2) is 4.90 Å². The van der Waals surface area contributed by atoms with E-state index in [1.54, 1.807) is 0 Å². The van der Waals surface area contributed by atoms with E-state index in [1.807, 2.05) is 30.3 Å². The van der Waals surface area contributed by atoms with E-state index in [1.165, 1.54) is 11.1 Å². The molecule has 19 heavy (non-hydrogen) atoms. The second-order valence-corrected chi connectivity index (χ2v) is 5.64. The molecular formula is C15H14Cl2N2. The summed E-state index contributed by atoms with van der Waals surface area (Å²) in [6.45, 7) is 2.48. The summed E-state index contributed by atoms with van der Waals surface area (Å²) in [6.07, 6.45) is 0. The Morgan fingerprint density at radius 3 is 2.37 bits per heavy atom. The predicted octanol–water partition coefficient (Wildman–Crippen LogP) is 4.09. The van der Waals surface area contributed by atoms with Crippen molar-refractivity contribution in [2.24, 2.45) is 0 Å². The lowest BCUT2D eigenvalue weighted by atomic mass is 10.1. The first kappa shape index (κ1) is 12.8. The Hall–Kier alpha value is -1.22. The number of nitrogens with zero attached hydrogens (tertiary/aromatic N) is 1. The minimum atomic E-state index is 0.719. The summed E-state index contributed by atoms with van der Waals surface area (Å²) in [6, 6.07) is 11.7. The molecule has 0 unspecified atom stereocenters. The molecule has 2 N–H and O–H groups in total. The molecule has 0 radical (unpaired) electrons. The van der Waals surface area contributed by atoms with Gasteiger partial charge in [0.25, 0.3) is 0 Å². The van der Waals surface area contributed by atoms with E-state index in [-0.39, 0.29) is 0 Å². The van der Waals surface area contributed by atoms with Crippen LogP contribution in [-0.2, 0) is 19.6 Å². The SMILES string of the molecule is Nc1cccc2c1CN(Cc1c(Cl)cccc1Cl)C2. The first-order valence-corrected chi connectivity index (χ1v) is 6.92. The topological polar surface area (TPSA) is 29.3 Å². The summed E-state index contributed by atoms with van der Waals surface area (Å²) in [7, 11) is 0. The molecule has 0 fully saturated rings. The van der Waals surface area contributed by atoms with Crippen LogP contribution in [0.25, 0.3) is 0 Å². The van der Waals surface area contributed by atoms with E-state index in [4.69, 9.17) is 28.9 Å². The Labute approximate surface area is 122 Å². The Balaban J connectivity index is 1.83. The molecule has 0 saturated carbocycles. The number of halogens is 2. The maximum Gasteiger partial charge on any atom is 0.0465 e. The maximum absolute atomic E-state index is 6.21. The molecule has 0 aromatic heterocycles. The molecule has 98 valence electrons. The van der Waals surface area contributed by atoms with E-state index in [2.05, 4.69) is 11.0 Å². The smallest absolute Gasteiger partial charge is 0.0465 e. The summed E-state index contributed by atoms with van der Waals surface area (Å²) in [5, 5.41) is 1.44. The standard InChI is InChI=1S/C15H14Cl2N2/c16-13-4-2-5-14(17)12(13)9-19-7-10-3-1-6-15(18)11(10)8-19/h1-6H,7-9,18H2. The van der Waals surface area contributed by atoms with Gasteiger partial charge in [-0.15, -0.1) is 0 Å². The van der Waals surface area contributed by atoms with Crippen LogP contribution >= 0.6 is 23.2 Å². The van der Waals surface area contributed by atoms with Gasteiger partial charge in [-0.2, -0.15) is 0 Å². The molecule has 2 aromatic rings. The molecule has 4 heteroatoms. The van der Waals surface area contributed by atoms with Crippen molar-refractivity contribution in [2.45, 2.75) is 19.6 Å². The fourth-order valence-electron chi connectivity index (χ4n) is 2.53. The Kier molecular flexibility index (Phi) is 3.40. The van der Waals surface area contributed by atoms with Crippen molar-refractivity contribution in [1.82, 2.24) is 4.90 Å². The van der Waals surface area contributed by atoms with Gasteiger partial charge in [-0.05, 0) is 29.3 Å². The number of nitrogen functional groups attached to an aromatic ring is 1. The van der Waals surface area contributed by atoms with Crippen LogP contribution in [0.15, 0.2) is 36.4 Å². The van der Waals surface area contributed by atoms with Gasteiger partial charge < -0.3 is 5.73 Å². The third-order valence-corrected chi connectivity index (χ3v) is 4.24. The highest BCUT2D eigenvalue weighted by Gasteiger charge is 2.22. The molecule has 0 saturated heterocycles.